The second-order valence-corrected chi connectivity index (χ2v) is 5.92. The Labute approximate surface area is 152 Å². The molecule has 2 rings (SSSR count). The van der Waals surface area contributed by atoms with Crippen molar-refractivity contribution in [3.05, 3.63) is 34.9 Å². The number of primary amides is 1. The lowest BCUT2D eigenvalue weighted by Crippen LogP contribution is -2.60. The Kier molecular flexibility index (Phi) is 6.75. The molecule has 10 nitrogen and oxygen atoms in total. The van der Waals surface area contributed by atoms with Gasteiger partial charge in [-0.1, -0.05) is 29.8 Å². The third kappa shape index (κ3) is 4.61. The number of halogens is 1. The molecule has 1 amide bonds. The monoisotopic (exact) mass is 391 g/mol. The molecule has 1 aromatic rings. The Morgan fingerprint density at radius 1 is 1.19 bits per heavy atom. The largest absolute Gasteiger partial charge is 0.479 e. The van der Waals surface area contributed by atoms with E-state index in [2.05, 4.69) is 0 Å². The van der Waals surface area contributed by atoms with Crippen molar-refractivity contribution in [2.45, 2.75) is 36.8 Å². The van der Waals surface area contributed by atoms with E-state index in [0.29, 0.717) is 5.56 Å². The summed E-state index contributed by atoms with van der Waals surface area (Å²) in [4.78, 5) is 22.0. The van der Waals surface area contributed by atoms with Gasteiger partial charge in [0.15, 0.2) is 12.4 Å². The number of carbonyl (C=O) groups excluding carboxylic acids is 1. The van der Waals surface area contributed by atoms with Crippen LogP contribution >= 0.6 is 11.6 Å². The van der Waals surface area contributed by atoms with Gasteiger partial charge in [0.1, 0.15) is 31.0 Å². The lowest BCUT2D eigenvalue weighted by Gasteiger charge is -2.39. The number of aliphatic hydroxyl groups is 3. The Bertz CT molecular complexity index is 658. The van der Waals surface area contributed by atoms with Crippen LogP contribution < -0.4 is 5.73 Å². The Hall–Kier alpha value is -1.95. The molecule has 0 unspecified atom stereocenters. The Balaban J connectivity index is 2.24. The number of aliphatic hydroxyl groups excluding tert-OH is 3. The molecule has 0 bridgehead atoms. The minimum absolute atomic E-state index is 0.242. The van der Waals surface area contributed by atoms with Gasteiger partial charge in [0.25, 0.3) is 0 Å². The molecule has 0 saturated carbocycles. The number of nitrogens with two attached hydrogens (primary N) is 1. The van der Waals surface area contributed by atoms with Crippen LogP contribution in [-0.4, -0.2) is 69.8 Å². The van der Waals surface area contributed by atoms with Crippen LogP contribution in [0.15, 0.2) is 24.3 Å². The van der Waals surface area contributed by atoms with Crippen molar-refractivity contribution >= 4 is 23.7 Å². The predicted octanol–water partition coefficient (Wildman–Crippen LogP) is -0.615. The van der Waals surface area contributed by atoms with E-state index >= 15 is 0 Å². The average Bonchev–Trinajstić information content (AvgIpc) is 2.58. The van der Waals surface area contributed by atoms with Gasteiger partial charge in [-0.15, -0.1) is 0 Å². The fraction of sp³-hybridized carbons (Fsp3) is 0.467. The molecule has 0 aliphatic carbocycles. The van der Waals surface area contributed by atoms with Gasteiger partial charge < -0.3 is 40.4 Å². The van der Waals surface area contributed by atoms with E-state index < -0.39 is 55.5 Å². The Morgan fingerprint density at radius 3 is 2.42 bits per heavy atom. The fourth-order valence-electron chi connectivity index (χ4n) is 2.42. The van der Waals surface area contributed by atoms with Crippen LogP contribution in [0.25, 0.3) is 0 Å². The molecule has 1 aliphatic heterocycles. The summed E-state index contributed by atoms with van der Waals surface area (Å²) in [5, 5.41) is 38.9. The standard InChI is InChI=1S/C15H18ClNO9/c16-7-4-2-1-3-6(7)8(5-24-15(17)23)25-14-11(20)9(18)10(19)12(26-14)13(21)22/h1-4,8-12,14,18-20H,5H2,(H2,17,23)(H,21,22)/t8-,9+,10+,11-,12+,14-/m1/s1. The van der Waals surface area contributed by atoms with Crippen molar-refractivity contribution in [3.8, 4) is 0 Å². The predicted molar refractivity (Wildman–Crippen MR) is 85.1 cm³/mol. The zero-order valence-corrected chi connectivity index (χ0v) is 14.0. The Morgan fingerprint density at radius 2 is 1.85 bits per heavy atom. The molecule has 6 atom stereocenters. The maximum atomic E-state index is 11.1. The van der Waals surface area contributed by atoms with E-state index in [-0.39, 0.29) is 5.02 Å². The maximum Gasteiger partial charge on any atom is 0.404 e. The lowest BCUT2D eigenvalue weighted by atomic mass is 9.99. The van der Waals surface area contributed by atoms with E-state index in [9.17, 15) is 24.9 Å². The maximum absolute atomic E-state index is 11.1. The van der Waals surface area contributed by atoms with Crippen LogP contribution in [0, 0.1) is 0 Å². The first-order chi connectivity index (χ1) is 12.2. The molecule has 0 spiro atoms. The second-order valence-electron chi connectivity index (χ2n) is 5.51. The molecule has 26 heavy (non-hydrogen) atoms. The van der Waals surface area contributed by atoms with Crippen LogP contribution in [0.2, 0.25) is 5.02 Å². The van der Waals surface area contributed by atoms with Gasteiger partial charge in [0.05, 0.1) is 0 Å². The van der Waals surface area contributed by atoms with Gasteiger partial charge in [-0.3, -0.25) is 0 Å². The van der Waals surface area contributed by atoms with Crippen molar-refractivity contribution in [3.63, 3.8) is 0 Å². The summed E-state index contributed by atoms with van der Waals surface area (Å²) < 4.78 is 15.2. The SMILES string of the molecule is NC(=O)OC[C@@H](O[C@@H]1O[C@H](C(=O)O)[C@@H](O)[C@H](O)[C@H]1O)c1ccccc1Cl. The van der Waals surface area contributed by atoms with Crippen molar-refractivity contribution < 1.29 is 44.2 Å². The number of hydrogen-bond acceptors (Lipinski definition) is 8. The van der Waals surface area contributed by atoms with Crippen LogP contribution in [0.3, 0.4) is 0 Å². The van der Waals surface area contributed by atoms with Gasteiger partial charge in [0.2, 0.25) is 0 Å². The zero-order valence-electron chi connectivity index (χ0n) is 13.3. The van der Waals surface area contributed by atoms with E-state index in [1.807, 2.05) is 0 Å². The highest BCUT2D eigenvalue weighted by Crippen LogP contribution is 2.31. The highest BCUT2D eigenvalue weighted by molar-refractivity contribution is 6.31. The highest BCUT2D eigenvalue weighted by Gasteiger charge is 2.48. The summed E-state index contributed by atoms with van der Waals surface area (Å²) in [6.45, 7) is -0.415. The number of hydrogen-bond donors (Lipinski definition) is 5. The van der Waals surface area contributed by atoms with Gasteiger partial charge >= 0.3 is 12.1 Å². The molecule has 6 N–H and O–H groups in total. The third-order valence-corrected chi connectivity index (χ3v) is 4.08. The topological polar surface area (TPSA) is 169 Å². The van der Waals surface area contributed by atoms with E-state index in [1.54, 1.807) is 18.2 Å². The molecular weight excluding hydrogens is 374 g/mol. The quantitative estimate of drug-likeness (QED) is 0.424. The number of ether oxygens (including phenoxy) is 3. The summed E-state index contributed by atoms with van der Waals surface area (Å²) in [7, 11) is 0. The fourth-order valence-corrected chi connectivity index (χ4v) is 2.68. The summed E-state index contributed by atoms with van der Waals surface area (Å²) >= 11 is 6.08. The molecule has 1 aromatic carbocycles. The lowest BCUT2D eigenvalue weighted by molar-refractivity contribution is -0.307. The first-order valence-electron chi connectivity index (χ1n) is 7.47. The molecule has 144 valence electrons. The number of carbonyl (C=O) groups is 2. The zero-order chi connectivity index (χ0) is 19.4. The van der Waals surface area contributed by atoms with Crippen LogP contribution in [-0.2, 0) is 19.0 Å². The number of benzene rings is 1. The summed E-state index contributed by atoms with van der Waals surface area (Å²) in [6.07, 6.45) is -11.1. The molecular formula is C15H18ClNO9. The number of amides is 1. The summed E-state index contributed by atoms with van der Waals surface area (Å²) in [5.74, 6) is -1.56. The van der Waals surface area contributed by atoms with Crippen molar-refractivity contribution in [2.24, 2.45) is 5.73 Å². The average molecular weight is 392 g/mol. The van der Waals surface area contributed by atoms with Gasteiger partial charge in [-0.05, 0) is 6.07 Å². The van der Waals surface area contributed by atoms with Crippen LogP contribution in [0.5, 0.6) is 0 Å². The highest BCUT2D eigenvalue weighted by atomic mass is 35.5. The molecule has 1 saturated heterocycles. The normalized spacial score (nSPS) is 29.8. The minimum Gasteiger partial charge on any atom is -0.479 e. The summed E-state index contributed by atoms with van der Waals surface area (Å²) in [5.41, 5.74) is 5.28. The molecule has 1 fully saturated rings. The number of rotatable bonds is 6. The van der Waals surface area contributed by atoms with Gasteiger partial charge in [-0.25, -0.2) is 9.59 Å². The first kappa shape index (κ1) is 20.4. The number of carboxylic acids is 1. The molecule has 0 aromatic heterocycles. The van der Waals surface area contributed by atoms with Gasteiger partial charge in [-0.2, -0.15) is 0 Å². The first-order valence-corrected chi connectivity index (χ1v) is 7.84. The van der Waals surface area contributed by atoms with Crippen molar-refractivity contribution in [2.75, 3.05) is 6.61 Å². The third-order valence-electron chi connectivity index (χ3n) is 3.74. The van der Waals surface area contributed by atoms with E-state index in [4.69, 9.17) is 36.7 Å². The van der Waals surface area contributed by atoms with Crippen LogP contribution in [0.4, 0.5) is 4.79 Å². The van der Waals surface area contributed by atoms with Gasteiger partial charge in [0, 0.05) is 10.6 Å². The van der Waals surface area contributed by atoms with E-state index in [1.165, 1.54) is 6.07 Å². The van der Waals surface area contributed by atoms with E-state index in [0.717, 1.165) is 0 Å². The minimum atomic E-state index is -1.86. The van der Waals surface area contributed by atoms with Crippen molar-refractivity contribution in [1.29, 1.82) is 0 Å². The van der Waals surface area contributed by atoms with Crippen molar-refractivity contribution in [1.82, 2.24) is 0 Å². The molecule has 0 radical (unpaired) electrons. The smallest absolute Gasteiger partial charge is 0.404 e. The van der Waals surface area contributed by atoms with Crippen LogP contribution in [0.1, 0.15) is 11.7 Å². The molecule has 1 heterocycles. The molecule has 1 aliphatic rings. The second kappa shape index (κ2) is 8.62. The number of aliphatic carboxylic acids is 1. The molecule has 11 heteroatoms. The summed E-state index contributed by atoms with van der Waals surface area (Å²) in [6, 6.07) is 6.35. The number of carboxylic acid groups (broad SMARTS) is 1.